The van der Waals surface area contributed by atoms with Gasteiger partial charge in [-0.15, -0.1) is 0 Å². The van der Waals surface area contributed by atoms with Gasteiger partial charge in [0.05, 0.1) is 17.2 Å². The molecular formula is C22H27N7O2. The molecule has 2 aromatic heterocycles. The van der Waals surface area contributed by atoms with E-state index in [0.29, 0.717) is 6.54 Å². The van der Waals surface area contributed by atoms with Crippen LogP contribution in [0.25, 0.3) is 11.0 Å². The third-order valence-corrected chi connectivity index (χ3v) is 6.57. The number of fused-ring (bicyclic) bond motifs is 1. The van der Waals surface area contributed by atoms with E-state index in [2.05, 4.69) is 19.9 Å². The van der Waals surface area contributed by atoms with Gasteiger partial charge in [-0.2, -0.15) is 0 Å². The summed E-state index contributed by atoms with van der Waals surface area (Å²) in [6, 6.07) is 7.98. The number of imidazole rings is 1. The van der Waals surface area contributed by atoms with Crippen LogP contribution < -0.4 is 11.4 Å². The van der Waals surface area contributed by atoms with Crippen LogP contribution in [-0.2, 0) is 0 Å². The molecule has 5 rings (SSSR count). The number of likely N-dealkylation sites (tertiary alicyclic amines) is 2. The zero-order chi connectivity index (χ0) is 21.4. The molecule has 4 heterocycles. The van der Waals surface area contributed by atoms with E-state index >= 15 is 0 Å². The maximum absolute atomic E-state index is 13.2. The van der Waals surface area contributed by atoms with Crippen molar-refractivity contribution in [3.05, 3.63) is 52.8 Å². The number of nitrogens with one attached hydrogen (secondary N) is 1. The van der Waals surface area contributed by atoms with E-state index in [1.807, 2.05) is 33.7 Å². The first kappa shape index (κ1) is 19.7. The molecule has 2 fully saturated rings. The highest BCUT2D eigenvalue weighted by atomic mass is 16.2. The molecule has 0 saturated carbocycles. The molecule has 2 saturated heterocycles. The average molecular weight is 422 g/mol. The van der Waals surface area contributed by atoms with Gasteiger partial charge >= 0.3 is 5.69 Å². The first-order chi connectivity index (χ1) is 15.1. The molecule has 1 atom stereocenters. The Labute approximate surface area is 179 Å². The molecule has 9 nitrogen and oxygen atoms in total. The van der Waals surface area contributed by atoms with Crippen molar-refractivity contribution in [3.63, 3.8) is 0 Å². The fourth-order valence-electron chi connectivity index (χ4n) is 5.06. The fraction of sp³-hybridized carbons (Fsp3) is 0.455. The first-order valence-electron chi connectivity index (χ1n) is 10.9. The van der Waals surface area contributed by atoms with Crippen LogP contribution in [0, 0.1) is 0 Å². The summed E-state index contributed by atoms with van der Waals surface area (Å²) in [5, 5.41) is 0. The summed E-state index contributed by atoms with van der Waals surface area (Å²) < 4.78 is 1.90. The van der Waals surface area contributed by atoms with Crippen LogP contribution >= 0.6 is 0 Å². The van der Waals surface area contributed by atoms with Gasteiger partial charge in [0.1, 0.15) is 0 Å². The van der Waals surface area contributed by atoms with E-state index in [-0.39, 0.29) is 35.3 Å². The highest BCUT2D eigenvalue weighted by Gasteiger charge is 2.35. The Morgan fingerprint density at radius 1 is 1.03 bits per heavy atom. The van der Waals surface area contributed by atoms with Crippen molar-refractivity contribution in [2.75, 3.05) is 25.4 Å². The monoisotopic (exact) mass is 421 g/mol. The Balaban J connectivity index is 1.33. The molecule has 0 aliphatic carbocycles. The van der Waals surface area contributed by atoms with Crippen LogP contribution in [0.5, 0.6) is 0 Å². The maximum Gasteiger partial charge on any atom is 0.326 e. The number of benzene rings is 1. The van der Waals surface area contributed by atoms with Crippen molar-refractivity contribution in [1.82, 2.24) is 29.3 Å². The number of nitrogen functional groups attached to an aromatic ring is 1. The smallest absolute Gasteiger partial charge is 0.326 e. The van der Waals surface area contributed by atoms with Gasteiger partial charge in [-0.05, 0) is 44.2 Å². The third-order valence-electron chi connectivity index (χ3n) is 6.57. The lowest BCUT2D eigenvalue weighted by Gasteiger charge is -2.45. The summed E-state index contributed by atoms with van der Waals surface area (Å²) in [4.78, 5) is 41.2. The number of anilines is 1. The van der Waals surface area contributed by atoms with Crippen molar-refractivity contribution in [3.8, 4) is 0 Å². The highest BCUT2D eigenvalue weighted by Crippen LogP contribution is 2.30. The second-order valence-electron chi connectivity index (χ2n) is 8.35. The number of amides is 1. The molecule has 2 aliphatic heterocycles. The molecule has 0 radical (unpaired) electrons. The molecular weight excluding hydrogens is 394 g/mol. The molecule has 1 unspecified atom stereocenters. The average Bonchev–Trinajstić information content (AvgIpc) is 3.15. The number of nitrogens with zero attached hydrogens (tertiary/aromatic N) is 5. The predicted octanol–water partition coefficient (Wildman–Crippen LogP) is 1.99. The maximum atomic E-state index is 13.2. The topological polar surface area (TPSA) is 113 Å². The SMILES string of the molecule is Nc1nccnc1C(=O)N1CCCCC1N1CCC(n2c(=O)[nH]c3ccccc32)CC1. The molecule has 3 N–H and O–H groups in total. The number of para-hydroxylation sites is 2. The summed E-state index contributed by atoms with van der Waals surface area (Å²) in [5.74, 6) is 0.0273. The van der Waals surface area contributed by atoms with Gasteiger partial charge in [0.2, 0.25) is 0 Å². The highest BCUT2D eigenvalue weighted by molar-refractivity contribution is 5.96. The minimum Gasteiger partial charge on any atom is -0.382 e. The van der Waals surface area contributed by atoms with Gasteiger partial charge in [-0.25, -0.2) is 14.8 Å². The van der Waals surface area contributed by atoms with Gasteiger partial charge in [-0.3, -0.25) is 14.3 Å². The van der Waals surface area contributed by atoms with Crippen LogP contribution in [0.3, 0.4) is 0 Å². The van der Waals surface area contributed by atoms with Gasteiger partial charge in [0, 0.05) is 38.1 Å². The van der Waals surface area contributed by atoms with E-state index in [1.165, 1.54) is 12.4 Å². The van der Waals surface area contributed by atoms with Gasteiger partial charge in [0.15, 0.2) is 11.5 Å². The van der Waals surface area contributed by atoms with Gasteiger partial charge < -0.3 is 15.6 Å². The Bertz CT molecular complexity index is 1150. The van der Waals surface area contributed by atoms with Crippen LogP contribution in [0.2, 0.25) is 0 Å². The second-order valence-corrected chi connectivity index (χ2v) is 8.35. The van der Waals surface area contributed by atoms with Crippen LogP contribution in [-0.4, -0.2) is 61.0 Å². The molecule has 162 valence electrons. The molecule has 3 aromatic rings. The number of carbonyl (C=O) groups excluding carboxylic acids is 1. The Morgan fingerprint density at radius 2 is 1.81 bits per heavy atom. The number of carbonyl (C=O) groups is 1. The van der Waals surface area contributed by atoms with E-state index in [9.17, 15) is 9.59 Å². The Morgan fingerprint density at radius 3 is 2.61 bits per heavy atom. The van der Waals surface area contributed by atoms with E-state index in [0.717, 1.165) is 56.2 Å². The lowest BCUT2D eigenvalue weighted by molar-refractivity contribution is 0.000894. The summed E-state index contributed by atoms with van der Waals surface area (Å²) in [7, 11) is 0. The number of aromatic amines is 1. The number of H-pyrrole nitrogens is 1. The molecule has 31 heavy (non-hydrogen) atoms. The summed E-state index contributed by atoms with van der Waals surface area (Å²) >= 11 is 0. The second kappa shape index (κ2) is 8.14. The lowest BCUT2D eigenvalue weighted by Crippen LogP contribution is -2.55. The van der Waals surface area contributed by atoms with Gasteiger partial charge in [-0.1, -0.05) is 12.1 Å². The Kier molecular flexibility index (Phi) is 5.19. The fourth-order valence-corrected chi connectivity index (χ4v) is 5.06. The van der Waals surface area contributed by atoms with Crippen LogP contribution in [0.4, 0.5) is 5.82 Å². The summed E-state index contributed by atoms with van der Waals surface area (Å²) in [6.45, 7) is 2.36. The number of nitrogens with two attached hydrogens (primary N) is 1. The molecule has 9 heteroatoms. The summed E-state index contributed by atoms with van der Waals surface area (Å²) in [5.41, 5.74) is 7.93. The first-order valence-corrected chi connectivity index (χ1v) is 10.9. The van der Waals surface area contributed by atoms with Crippen molar-refractivity contribution in [2.45, 2.75) is 44.3 Å². The Hall–Kier alpha value is -3.20. The van der Waals surface area contributed by atoms with Crippen LogP contribution in [0.1, 0.15) is 48.6 Å². The van der Waals surface area contributed by atoms with Crippen LogP contribution in [0.15, 0.2) is 41.5 Å². The molecule has 0 spiro atoms. The molecule has 1 aromatic carbocycles. The van der Waals surface area contributed by atoms with Crippen molar-refractivity contribution in [1.29, 1.82) is 0 Å². The van der Waals surface area contributed by atoms with E-state index < -0.39 is 0 Å². The minimum atomic E-state index is -0.148. The number of aromatic nitrogens is 4. The third kappa shape index (κ3) is 3.59. The largest absolute Gasteiger partial charge is 0.382 e. The van der Waals surface area contributed by atoms with Gasteiger partial charge in [0.25, 0.3) is 5.91 Å². The number of hydrogen-bond acceptors (Lipinski definition) is 6. The normalized spacial score (nSPS) is 20.9. The van der Waals surface area contributed by atoms with E-state index in [4.69, 9.17) is 5.73 Å². The molecule has 1 amide bonds. The quantitative estimate of drug-likeness (QED) is 0.669. The number of piperidine rings is 2. The van der Waals surface area contributed by atoms with Crippen molar-refractivity contribution < 1.29 is 4.79 Å². The van der Waals surface area contributed by atoms with Crippen molar-refractivity contribution in [2.24, 2.45) is 0 Å². The zero-order valence-electron chi connectivity index (χ0n) is 17.4. The number of hydrogen-bond donors (Lipinski definition) is 2. The van der Waals surface area contributed by atoms with E-state index in [1.54, 1.807) is 0 Å². The minimum absolute atomic E-state index is 0.0308. The van der Waals surface area contributed by atoms with Crippen molar-refractivity contribution >= 4 is 22.8 Å². The molecule has 0 bridgehead atoms. The standard InChI is InChI=1S/C22H27N7O2/c23-20-19(24-10-11-25-20)21(30)28-12-4-3-7-18(28)27-13-8-15(9-14-27)29-17-6-2-1-5-16(17)26-22(29)31/h1-2,5-6,10-11,15,18H,3-4,7-9,12-14H2,(H2,23,25)(H,26,31). The molecule has 2 aliphatic rings. The lowest BCUT2D eigenvalue weighted by atomic mass is 10.00. The zero-order valence-corrected chi connectivity index (χ0v) is 17.4. The predicted molar refractivity (Wildman–Crippen MR) is 118 cm³/mol. The summed E-state index contributed by atoms with van der Waals surface area (Å²) in [6.07, 6.45) is 7.77. The number of rotatable bonds is 3.